The van der Waals surface area contributed by atoms with E-state index in [0.29, 0.717) is 19.4 Å². The molecule has 9 heteroatoms. The van der Waals surface area contributed by atoms with Crippen LogP contribution in [0.1, 0.15) is 46.5 Å². The first kappa shape index (κ1) is 27.3. The van der Waals surface area contributed by atoms with Gasteiger partial charge in [-0.3, -0.25) is 14.4 Å². The van der Waals surface area contributed by atoms with Crippen molar-refractivity contribution in [2.45, 2.75) is 79.4 Å². The number of halogens is 1. The summed E-state index contributed by atoms with van der Waals surface area (Å²) in [6, 6.07) is -1.27. The van der Waals surface area contributed by atoms with Crippen LogP contribution in [0.4, 0.5) is 0 Å². The van der Waals surface area contributed by atoms with Gasteiger partial charge in [-0.2, -0.15) is 0 Å². The Hall–Kier alpha value is -1.32. The maximum atomic E-state index is 14.3. The quantitative estimate of drug-likeness (QED) is 0.226. The summed E-state index contributed by atoms with van der Waals surface area (Å²) < 4.78 is 4.66. The molecule has 0 aliphatic carbocycles. The molecule has 7 nitrogen and oxygen atoms in total. The molecule has 1 spiro atoms. The second-order valence-corrected chi connectivity index (χ2v) is 12.2. The van der Waals surface area contributed by atoms with Crippen LogP contribution in [0, 0.1) is 11.8 Å². The monoisotopic (exact) mass is 556 g/mol. The molecule has 3 rings (SSSR count). The standard InChI is InChI=1S/C25H37BrN2O5S/c1-6-10-15(5)27(11-7-2)23(31)21-25-13-17(26)20(34-25)18(24(32)33-12-8-3)19(25)22(30)28(21)16(9-4)14-29/h7-8,15-21,29H,2-3,6,9-14H2,1,4-5H3/t15?,16-,17?,18+,19-,20+,21?,25?/m0/s1. The van der Waals surface area contributed by atoms with Crippen molar-refractivity contribution in [3.05, 3.63) is 25.3 Å². The zero-order valence-corrected chi connectivity index (χ0v) is 22.7. The van der Waals surface area contributed by atoms with Crippen LogP contribution in [0.2, 0.25) is 0 Å². The minimum Gasteiger partial charge on any atom is -0.461 e. The number of carbonyl (C=O) groups is 3. The van der Waals surface area contributed by atoms with Crippen LogP contribution in [0.5, 0.6) is 0 Å². The summed E-state index contributed by atoms with van der Waals surface area (Å²) in [5.41, 5.74) is 0. The van der Waals surface area contributed by atoms with E-state index in [9.17, 15) is 19.5 Å². The topological polar surface area (TPSA) is 87.2 Å². The van der Waals surface area contributed by atoms with Gasteiger partial charge in [0.2, 0.25) is 11.8 Å². The lowest BCUT2D eigenvalue weighted by Crippen LogP contribution is -2.59. The highest BCUT2D eigenvalue weighted by Gasteiger charge is 2.76. The number of esters is 1. The molecule has 2 amide bonds. The van der Waals surface area contributed by atoms with E-state index in [-0.39, 0.29) is 41.1 Å². The lowest BCUT2D eigenvalue weighted by molar-refractivity contribution is -0.153. The van der Waals surface area contributed by atoms with Crippen LogP contribution in [0.15, 0.2) is 25.3 Å². The minimum atomic E-state index is -0.756. The number of hydrogen-bond donors (Lipinski definition) is 1. The van der Waals surface area contributed by atoms with Gasteiger partial charge in [-0.1, -0.05) is 54.9 Å². The molecule has 3 heterocycles. The average Bonchev–Trinajstić information content (AvgIpc) is 3.40. The molecule has 1 N–H and O–H groups in total. The Morgan fingerprint density at radius 2 is 2.09 bits per heavy atom. The molecule has 3 aliphatic heterocycles. The third kappa shape index (κ3) is 4.37. The molecule has 0 saturated carbocycles. The largest absolute Gasteiger partial charge is 0.461 e. The van der Waals surface area contributed by atoms with Gasteiger partial charge < -0.3 is 19.6 Å². The van der Waals surface area contributed by atoms with Crippen LogP contribution in [-0.4, -0.2) is 85.4 Å². The van der Waals surface area contributed by atoms with Crippen LogP contribution in [-0.2, 0) is 19.1 Å². The summed E-state index contributed by atoms with van der Waals surface area (Å²) in [5.74, 6) is -2.08. The first-order valence-corrected chi connectivity index (χ1v) is 14.0. The predicted molar refractivity (Wildman–Crippen MR) is 138 cm³/mol. The van der Waals surface area contributed by atoms with Gasteiger partial charge in [-0.25, -0.2) is 0 Å². The highest BCUT2D eigenvalue weighted by molar-refractivity contribution is 9.09. The average molecular weight is 558 g/mol. The molecule has 4 unspecified atom stereocenters. The fraction of sp³-hybridized carbons (Fsp3) is 0.720. The van der Waals surface area contributed by atoms with Crippen LogP contribution in [0.25, 0.3) is 0 Å². The van der Waals surface area contributed by atoms with Gasteiger partial charge in [-0.15, -0.1) is 18.3 Å². The van der Waals surface area contributed by atoms with Gasteiger partial charge >= 0.3 is 5.97 Å². The van der Waals surface area contributed by atoms with E-state index in [1.807, 2.05) is 18.7 Å². The van der Waals surface area contributed by atoms with Crippen molar-refractivity contribution in [2.24, 2.45) is 11.8 Å². The van der Waals surface area contributed by atoms with Crippen LogP contribution < -0.4 is 0 Å². The summed E-state index contributed by atoms with van der Waals surface area (Å²) in [5, 5.41) is 10.0. The lowest BCUT2D eigenvalue weighted by Gasteiger charge is -2.41. The highest BCUT2D eigenvalue weighted by atomic mass is 79.9. The van der Waals surface area contributed by atoms with Gasteiger partial charge in [0.15, 0.2) is 0 Å². The summed E-state index contributed by atoms with van der Waals surface area (Å²) in [4.78, 5) is 44.8. The number of hydrogen-bond acceptors (Lipinski definition) is 6. The van der Waals surface area contributed by atoms with E-state index in [2.05, 4.69) is 36.0 Å². The number of aliphatic hydroxyl groups is 1. The number of thioether (sulfide) groups is 1. The Morgan fingerprint density at radius 1 is 1.38 bits per heavy atom. The van der Waals surface area contributed by atoms with E-state index in [0.717, 1.165) is 12.8 Å². The molecule has 3 fully saturated rings. The molecular weight excluding hydrogens is 520 g/mol. The molecule has 3 aliphatic rings. The molecule has 0 aromatic rings. The lowest BCUT2D eigenvalue weighted by atomic mass is 9.71. The van der Waals surface area contributed by atoms with Crippen molar-refractivity contribution in [1.29, 1.82) is 0 Å². The highest BCUT2D eigenvalue weighted by Crippen LogP contribution is 2.68. The number of aliphatic hydroxyl groups excluding tert-OH is 1. The first-order chi connectivity index (χ1) is 16.2. The summed E-state index contributed by atoms with van der Waals surface area (Å²) in [6.07, 6.45) is 6.10. The molecule has 8 atom stereocenters. The Kier molecular flexibility index (Phi) is 8.96. The molecule has 190 valence electrons. The minimum absolute atomic E-state index is 0.0196. The first-order valence-electron chi connectivity index (χ1n) is 12.2. The third-order valence-corrected chi connectivity index (χ3v) is 10.7. The van der Waals surface area contributed by atoms with E-state index in [1.54, 1.807) is 22.7 Å². The number of carbonyl (C=O) groups excluding carboxylic acids is 3. The predicted octanol–water partition coefficient (Wildman–Crippen LogP) is 3.15. The van der Waals surface area contributed by atoms with Gasteiger partial charge in [0.25, 0.3) is 0 Å². The molecular formula is C25H37BrN2O5S. The van der Waals surface area contributed by atoms with Gasteiger partial charge in [0, 0.05) is 22.7 Å². The molecule has 34 heavy (non-hydrogen) atoms. The number of nitrogens with zero attached hydrogens (tertiary/aromatic N) is 2. The third-order valence-electron chi connectivity index (χ3n) is 7.50. The second kappa shape index (κ2) is 11.2. The number of likely N-dealkylation sites (tertiary alicyclic amines) is 1. The maximum Gasteiger partial charge on any atom is 0.311 e. The maximum absolute atomic E-state index is 14.3. The van der Waals surface area contributed by atoms with Crippen molar-refractivity contribution in [2.75, 3.05) is 19.8 Å². The molecule has 3 saturated heterocycles. The van der Waals surface area contributed by atoms with Crippen molar-refractivity contribution in [3.8, 4) is 0 Å². The van der Waals surface area contributed by atoms with E-state index < -0.39 is 34.6 Å². The molecule has 0 aromatic carbocycles. The van der Waals surface area contributed by atoms with Crippen molar-refractivity contribution < 1.29 is 24.2 Å². The van der Waals surface area contributed by atoms with Gasteiger partial charge in [0.05, 0.1) is 29.2 Å². The smallest absolute Gasteiger partial charge is 0.311 e. The SMILES string of the molecule is C=CCOC(=O)[C@H]1[C@@H]2SC3(CC2Br)C(C(=O)N(CC=C)C(C)CCC)N([C@@H](CC)CO)C(=O)[C@H]13. The van der Waals surface area contributed by atoms with Gasteiger partial charge in [-0.05, 0) is 26.2 Å². The van der Waals surface area contributed by atoms with E-state index in [4.69, 9.17) is 4.74 Å². The Balaban J connectivity index is 2.10. The van der Waals surface area contributed by atoms with E-state index in [1.165, 1.54) is 6.08 Å². The summed E-state index contributed by atoms with van der Waals surface area (Å²) in [6.45, 7) is 13.7. The Morgan fingerprint density at radius 3 is 2.65 bits per heavy atom. The number of fused-ring (bicyclic) bond motifs is 1. The summed E-state index contributed by atoms with van der Waals surface area (Å²) in [7, 11) is 0. The zero-order valence-electron chi connectivity index (χ0n) is 20.3. The number of amides is 2. The Labute approximate surface area is 215 Å². The number of ether oxygens (including phenoxy) is 1. The van der Waals surface area contributed by atoms with Crippen LogP contribution in [0.3, 0.4) is 0 Å². The fourth-order valence-electron chi connectivity index (χ4n) is 6.02. The molecule has 0 aromatic heterocycles. The normalized spacial score (nSPS) is 33.4. The molecule has 0 radical (unpaired) electrons. The fourth-order valence-corrected chi connectivity index (χ4v) is 9.60. The zero-order chi connectivity index (χ0) is 25.2. The number of alkyl halides is 1. The van der Waals surface area contributed by atoms with Crippen molar-refractivity contribution >= 4 is 45.5 Å². The van der Waals surface area contributed by atoms with Crippen molar-refractivity contribution in [1.82, 2.24) is 9.80 Å². The van der Waals surface area contributed by atoms with Gasteiger partial charge in [0.1, 0.15) is 12.6 Å². The second-order valence-electron chi connectivity index (χ2n) is 9.49. The Bertz CT molecular complexity index is 821. The van der Waals surface area contributed by atoms with Crippen molar-refractivity contribution in [3.63, 3.8) is 0 Å². The number of rotatable bonds is 12. The van der Waals surface area contributed by atoms with Crippen LogP contribution >= 0.6 is 27.7 Å². The molecule has 2 bridgehead atoms. The summed E-state index contributed by atoms with van der Waals surface area (Å²) >= 11 is 5.32. The van der Waals surface area contributed by atoms with E-state index >= 15 is 0 Å².